The fourth-order valence-electron chi connectivity index (χ4n) is 2.35. The molecule has 0 unspecified atom stereocenters. The molecule has 1 aliphatic heterocycles. The zero-order valence-corrected chi connectivity index (χ0v) is 11.8. The summed E-state index contributed by atoms with van der Waals surface area (Å²) in [7, 11) is 0.277. The third-order valence-corrected chi connectivity index (χ3v) is 6.81. The van der Waals surface area contributed by atoms with Crippen LogP contribution >= 0.6 is 0 Å². The molecule has 0 spiro atoms. The maximum absolute atomic E-state index is 12.6. The van der Waals surface area contributed by atoms with E-state index in [1.807, 2.05) is 24.3 Å². The number of rotatable bonds is 3. The minimum atomic E-state index is -0.175. The van der Waals surface area contributed by atoms with Crippen molar-refractivity contribution < 1.29 is 4.79 Å². The van der Waals surface area contributed by atoms with Crippen LogP contribution in [0.1, 0.15) is 42.6 Å². The molecule has 0 N–H and O–H groups in total. The van der Waals surface area contributed by atoms with Crippen LogP contribution < -0.4 is 0 Å². The fraction of sp³-hybridized carbons (Fsp3) is 0.533. The second-order valence-electron chi connectivity index (χ2n) is 5.31. The minimum Gasteiger partial charge on any atom is -0.288 e. The van der Waals surface area contributed by atoms with E-state index < -0.39 is 0 Å². The molecular weight excluding hydrogens is 228 g/mol. The number of Topliss-reactive ketones (excluding diaryl/α,β-unsaturated/α-hetero) is 1. The topological polar surface area (TPSA) is 17.1 Å². The lowest BCUT2D eigenvalue weighted by Gasteiger charge is -2.21. The third kappa shape index (κ3) is 2.57. The van der Waals surface area contributed by atoms with E-state index in [0.29, 0.717) is 5.78 Å². The van der Waals surface area contributed by atoms with Crippen LogP contribution in [0.3, 0.4) is 0 Å². The number of benzene rings is 1. The van der Waals surface area contributed by atoms with Gasteiger partial charge in [-0.05, 0) is 33.6 Å². The predicted octanol–water partition coefficient (Wildman–Crippen LogP) is 3.37. The Morgan fingerprint density at radius 2 is 1.65 bits per heavy atom. The van der Waals surface area contributed by atoms with E-state index in [-0.39, 0.29) is 15.6 Å². The van der Waals surface area contributed by atoms with Gasteiger partial charge in [-0.25, -0.2) is 0 Å². The third-order valence-electron chi connectivity index (χ3n) is 3.61. The molecule has 17 heavy (non-hydrogen) atoms. The van der Waals surface area contributed by atoms with Crippen molar-refractivity contribution in [2.24, 2.45) is 0 Å². The number of hydrogen-bond acceptors (Lipinski definition) is 1. The molecule has 1 aromatic carbocycles. The van der Waals surface area contributed by atoms with Crippen molar-refractivity contribution in [2.75, 3.05) is 11.5 Å². The van der Waals surface area contributed by atoms with Crippen LogP contribution in [0.15, 0.2) is 24.3 Å². The molecule has 0 radical (unpaired) electrons. The van der Waals surface area contributed by atoms with Gasteiger partial charge in [0.25, 0.3) is 0 Å². The quantitative estimate of drug-likeness (QED) is 0.593. The summed E-state index contributed by atoms with van der Waals surface area (Å²) in [5, 5.41) is 0. The summed E-state index contributed by atoms with van der Waals surface area (Å²) in [5.74, 6) is 2.80. The van der Waals surface area contributed by atoms with E-state index in [1.165, 1.54) is 29.9 Å². The highest BCUT2D eigenvalue weighted by Gasteiger charge is 2.46. The van der Waals surface area contributed by atoms with Gasteiger partial charge in [0, 0.05) is 16.5 Å². The average molecular weight is 249 g/mol. The van der Waals surface area contributed by atoms with E-state index in [4.69, 9.17) is 0 Å². The molecule has 92 valence electrons. The van der Waals surface area contributed by atoms with Gasteiger partial charge in [0.05, 0.1) is 0 Å². The van der Waals surface area contributed by atoms with Gasteiger partial charge in [0.2, 0.25) is 5.78 Å². The van der Waals surface area contributed by atoms with Gasteiger partial charge < -0.3 is 0 Å². The maximum Gasteiger partial charge on any atom is 0.217 e. The number of aryl methyl sites for hydroxylation is 1. The lowest BCUT2D eigenvalue weighted by Crippen LogP contribution is -2.41. The highest BCUT2D eigenvalue weighted by molar-refractivity contribution is 7.99. The maximum atomic E-state index is 12.6. The zero-order valence-electron chi connectivity index (χ0n) is 11.0. The molecule has 1 nitrogen and oxygen atoms in total. The van der Waals surface area contributed by atoms with Crippen molar-refractivity contribution in [1.82, 2.24) is 0 Å². The average Bonchev–Trinajstić information content (AvgIpc) is 2.83. The van der Waals surface area contributed by atoms with Crippen LogP contribution in [0.5, 0.6) is 0 Å². The van der Waals surface area contributed by atoms with Crippen LogP contribution in [0.2, 0.25) is 0 Å². The molecule has 1 fully saturated rings. The fourth-order valence-corrected chi connectivity index (χ4v) is 5.06. The Morgan fingerprint density at radius 3 is 2.18 bits per heavy atom. The van der Waals surface area contributed by atoms with Crippen molar-refractivity contribution in [3.8, 4) is 0 Å². The Labute approximate surface area is 107 Å². The number of ketones is 1. The SMILES string of the molecule is Cc1ccc(C(=O)C(C)(C)[S+]2CCCC2)cc1. The van der Waals surface area contributed by atoms with E-state index >= 15 is 0 Å². The summed E-state index contributed by atoms with van der Waals surface area (Å²) >= 11 is 0. The molecule has 1 saturated heterocycles. The van der Waals surface area contributed by atoms with E-state index in [2.05, 4.69) is 20.8 Å². The smallest absolute Gasteiger partial charge is 0.217 e. The van der Waals surface area contributed by atoms with E-state index in [0.717, 1.165) is 5.56 Å². The molecule has 0 amide bonds. The number of hydrogen-bond donors (Lipinski definition) is 0. The molecule has 0 saturated carbocycles. The highest BCUT2D eigenvalue weighted by atomic mass is 32.2. The number of carbonyl (C=O) groups is 1. The van der Waals surface area contributed by atoms with E-state index in [9.17, 15) is 4.79 Å². The summed E-state index contributed by atoms with van der Waals surface area (Å²) in [6.45, 7) is 6.31. The summed E-state index contributed by atoms with van der Waals surface area (Å²) in [6.07, 6.45) is 2.60. The van der Waals surface area contributed by atoms with Gasteiger partial charge >= 0.3 is 0 Å². The molecular formula is C15H21OS+. The monoisotopic (exact) mass is 249 g/mol. The summed E-state index contributed by atoms with van der Waals surface area (Å²) in [5.41, 5.74) is 2.09. The Hall–Kier alpha value is -0.760. The van der Waals surface area contributed by atoms with Gasteiger partial charge in [-0.2, -0.15) is 0 Å². The van der Waals surface area contributed by atoms with Crippen molar-refractivity contribution in [3.63, 3.8) is 0 Å². The van der Waals surface area contributed by atoms with Crippen molar-refractivity contribution in [2.45, 2.75) is 38.4 Å². The van der Waals surface area contributed by atoms with Crippen molar-refractivity contribution >= 4 is 16.7 Å². The first-order chi connectivity index (χ1) is 8.01. The molecule has 0 aliphatic carbocycles. The summed E-state index contributed by atoms with van der Waals surface area (Å²) < 4.78 is -0.175. The summed E-state index contributed by atoms with van der Waals surface area (Å²) in [6, 6.07) is 8.00. The summed E-state index contributed by atoms with van der Waals surface area (Å²) in [4.78, 5) is 12.6. The van der Waals surface area contributed by atoms with Crippen LogP contribution in [-0.4, -0.2) is 22.0 Å². The zero-order chi connectivity index (χ0) is 12.5. The minimum absolute atomic E-state index is 0.175. The van der Waals surface area contributed by atoms with Gasteiger partial charge in [-0.1, -0.05) is 29.8 Å². The molecule has 0 aromatic heterocycles. The molecule has 2 heteroatoms. The lowest BCUT2D eigenvalue weighted by molar-refractivity contribution is 0.0956. The van der Waals surface area contributed by atoms with Crippen molar-refractivity contribution in [3.05, 3.63) is 35.4 Å². The van der Waals surface area contributed by atoms with Gasteiger partial charge in [0.15, 0.2) is 4.75 Å². The lowest BCUT2D eigenvalue weighted by atomic mass is 9.99. The molecule has 2 rings (SSSR count). The second-order valence-corrected chi connectivity index (χ2v) is 8.14. The van der Waals surface area contributed by atoms with Gasteiger partial charge in [-0.3, -0.25) is 4.79 Å². The Bertz CT molecular complexity index is 399. The first-order valence-electron chi connectivity index (χ1n) is 6.31. The standard InChI is InChI=1S/C15H21OS/c1-12-6-8-13(9-7-12)14(16)15(2,3)17-10-4-5-11-17/h6-9H,4-5,10-11H2,1-3H3/q+1. The van der Waals surface area contributed by atoms with Crippen LogP contribution in [0.4, 0.5) is 0 Å². The van der Waals surface area contributed by atoms with Crippen LogP contribution in [-0.2, 0) is 10.9 Å². The predicted molar refractivity (Wildman–Crippen MR) is 75.9 cm³/mol. The molecule has 0 atom stereocenters. The Balaban J connectivity index is 2.20. The Kier molecular flexibility index (Phi) is 3.62. The van der Waals surface area contributed by atoms with Crippen LogP contribution in [0.25, 0.3) is 0 Å². The number of carbonyl (C=O) groups excluding carboxylic acids is 1. The highest BCUT2D eigenvalue weighted by Crippen LogP contribution is 2.30. The Morgan fingerprint density at radius 1 is 1.12 bits per heavy atom. The largest absolute Gasteiger partial charge is 0.288 e. The first kappa shape index (κ1) is 12.7. The van der Waals surface area contributed by atoms with Gasteiger partial charge in [-0.15, -0.1) is 0 Å². The second kappa shape index (κ2) is 4.85. The molecule has 1 heterocycles. The first-order valence-corrected chi connectivity index (χ1v) is 7.87. The molecule has 1 aromatic rings. The molecule has 1 aliphatic rings. The van der Waals surface area contributed by atoms with Gasteiger partial charge in [0.1, 0.15) is 11.5 Å². The van der Waals surface area contributed by atoms with Crippen molar-refractivity contribution in [1.29, 1.82) is 0 Å². The van der Waals surface area contributed by atoms with Crippen LogP contribution in [0, 0.1) is 6.92 Å². The molecule has 0 bridgehead atoms. The van der Waals surface area contributed by atoms with E-state index in [1.54, 1.807) is 0 Å². The normalized spacial score (nSPS) is 17.4.